The molecule has 3 rings (SSSR count). The second kappa shape index (κ2) is 32.7. The van der Waals surface area contributed by atoms with Crippen molar-refractivity contribution in [2.45, 2.75) is 25.7 Å². The summed E-state index contributed by atoms with van der Waals surface area (Å²) >= 11 is 0. The molecule has 4 radical (unpaired) electrons. The quantitative estimate of drug-likeness (QED) is 0.417. The number of hydrogen-bond acceptors (Lipinski definition) is 3. The van der Waals surface area contributed by atoms with Gasteiger partial charge < -0.3 is 14.2 Å². The van der Waals surface area contributed by atoms with Gasteiger partial charge in [0.05, 0.1) is 21.3 Å². The Morgan fingerprint density at radius 2 is 1.15 bits per heavy atom. The first kappa shape index (κ1) is 45.1. The van der Waals surface area contributed by atoms with E-state index in [0.29, 0.717) is 11.5 Å². The Balaban J connectivity index is -0.000000123. The first-order valence-electron chi connectivity index (χ1n) is 8.05. The Hall–Kier alpha value is -2.45. The van der Waals surface area contributed by atoms with Crippen molar-refractivity contribution >= 4 is 0 Å². The summed E-state index contributed by atoms with van der Waals surface area (Å²) in [6, 6.07) is 1.95. The molecule has 2 aliphatic carbocycles. The van der Waals surface area contributed by atoms with Gasteiger partial charge in [-0.25, -0.2) is 0 Å². The molecule has 11 heteroatoms. The maximum Gasteiger partial charge on any atom is 0 e. The summed E-state index contributed by atoms with van der Waals surface area (Å²) in [5.41, 5.74) is 4.85. The predicted octanol–water partition coefficient (Wildman–Crippen LogP) is 3.03. The van der Waals surface area contributed by atoms with Crippen LogP contribution in [0.1, 0.15) is 30.4 Å². The van der Waals surface area contributed by atoms with Gasteiger partial charge in [0, 0.05) is 39.1 Å². The van der Waals surface area contributed by atoms with Crippen molar-refractivity contribution < 1.29 is 75.7 Å². The molecule has 0 saturated carbocycles. The van der Waals surface area contributed by atoms with E-state index in [4.69, 9.17) is 42.1 Å². The molecule has 0 N–H and O–H groups in total. The zero-order chi connectivity index (χ0) is 26.1. The summed E-state index contributed by atoms with van der Waals surface area (Å²) in [7, 11) is 4.93. The van der Waals surface area contributed by atoms with Gasteiger partial charge in [0.25, 0.3) is 0 Å². The number of hydrogen-bond donors (Lipinski definition) is 0. The SMILES string of the molecule is COc1cc2c(c(OC)c1OC)CC1=C([C]=[C]2)CCC1.[C-]#[O+].[C-]#[O+].[C-]#[O+].[C-]#[O+].[C-]#[O+].[C-]#[O+].[Co].[Co]. The molecule has 0 fully saturated rings. The summed E-state index contributed by atoms with van der Waals surface area (Å²) in [4.78, 5) is 0. The van der Waals surface area contributed by atoms with Crippen LogP contribution in [0.15, 0.2) is 17.2 Å². The molecule has 2 aliphatic rings. The monoisotopic (exact) mass is 556 g/mol. The van der Waals surface area contributed by atoms with Gasteiger partial charge in [-0.15, -0.1) is 0 Å². The van der Waals surface area contributed by atoms with Crippen molar-refractivity contribution in [3.8, 4) is 17.2 Å². The fourth-order valence-electron chi connectivity index (χ4n) is 3.01. The van der Waals surface area contributed by atoms with Crippen molar-refractivity contribution in [2.75, 3.05) is 21.3 Å². The van der Waals surface area contributed by atoms with Crippen molar-refractivity contribution in [1.82, 2.24) is 0 Å². The summed E-state index contributed by atoms with van der Waals surface area (Å²) in [5, 5.41) is 0. The van der Waals surface area contributed by atoms with Gasteiger partial charge in [-0.3, -0.25) is 0 Å². The van der Waals surface area contributed by atoms with Gasteiger partial charge in [-0.1, -0.05) is 5.57 Å². The smallest absolute Gasteiger partial charge is 0 e. The number of allylic oxidation sites excluding steroid dienone is 3. The van der Waals surface area contributed by atoms with Gasteiger partial charge in [0.2, 0.25) is 5.75 Å². The minimum Gasteiger partial charge on any atom is 0 e. The Morgan fingerprint density at radius 1 is 0.676 bits per heavy atom. The summed E-state index contributed by atoms with van der Waals surface area (Å²) in [5.74, 6) is 2.06. The number of ether oxygens (including phenoxy) is 3. The Bertz CT molecular complexity index is 815. The molecule has 0 unspecified atom stereocenters. The van der Waals surface area contributed by atoms with Crippen LogP contribution in [0.25, 0.3) is 0 Å². The molecular formula is C23H18Co2O9. The number of fused-ring (bicyclic) bond motifs is 1. The van der Waals surface area contributed by atoms with Crippen LogP contribution in [-0.4, -0.2) is 21.3 Å². The van der Waals surface area contributed by atoms with Crippen LogP contribution < -0.4 is 14.2 Å². The third-order valence-corrected chi connectivity index (χ3v) is 4.00. The van der Waals surface area contributed by atoms with Crippen LogP contribution in [0, 0.1) is 52.1 Å². The molecule has 1 aromatic carbocycles. The molecule has 0 aliphatic heterocycles. The molecule has 0 aromatic heterocycles. The molecule has 0 spiro atoms. The molecule has 0 heterocycles. The zero-order valence-corrected chi connectivity index (χ0v) is 20.3. The fraction of sp³-hybridized carbons (Fsp3) is 0.304. The molecule has 34 heavy (non-hydrogen) atoms. The molecule has 0 saturated heterocycles. The Labute approximate surface area is 220 Å². The average molecular weight is 556 g/mol. The van der Waals surface area contributed by atoms with E-state index in [1.807, 2.05) is 6.07 Å². The minimum atomic E-state index is 0. The van der Waals surface area contributed by atoms with Crippen LogP contribution in [0.5, 0.6) is 17.2 Å². The predicted molar refractivity (Wildman–Crippen MR) is 99.8 cm³/mol. The second-order valence-corrected chi connectivity index (χ2v) is 5.03. The van der Waals surface area contributed by atoms with Crippen LogP contribution in [-0.2, 0) is 67.9 Å². The Morgan fingerprint density at radius 3 is 1.56 bits per heavy atom. The van der Waals surface area contributed by atoms with Crippen LogP contribution in [0.2, 0.25) is 0 Å². The minimum absolute atomic E-state index is 0. The number of methoxy groups -OCH3 is 3. The van der Waals surface area contributed by atoms with Gasteiger partial charge in [-0.05, 0) is 55.0 Å². The van der Waals surface area contributed by atoms with Crippen LogP contribution in [0.3, 0.4) is 0 Å². The molecular weight excluding hydrogens is 538 g/mol. The van der Waals surface area contributed by atoms with Crippen LogP contribution >= 0.6 is 0 Å². The van der Waals surface area contributed by atoms with E-state index < -0.39 is 0 Å². The van der Waals surface area contributed by atoms with E-state index in [1.54, 1.807) is 21.3 Å². The van der Waals surface area contributed by atoms with E-state index in [9.17, 15) is 0 Å². The molecule has 9 nitrogen and oxygen atoms in total. The van der Waals surface area contributed by atoms with Crippen molar-refractivity contribution in [3.63, 3.8) is 0 Å². The van der Waals surface area contributed by atoms with Gasteiger partial charge in [0.15, 0.2) is 11.5 Å². The maximum atomic E-state index is 7.50. The average Bonchev–Trinajstić information content (AvgIpc) is 3.29. The Kier molecular flexibility index (Phi) is 43.4. The summed E-state index contributed by atoms with van der Waals surface area (Å²) < 4.78 is 61.4. The molecule has 1 aromatic rings. The summed E-state index contributed by atoms with van der Waals surface area (Å²) in [6.45, 7) is 27.0. The maximum absolute atomic E-state index is 7.50. The second-order valence-electron chi connectivity index (χ2n) is 5.03. The van der Waals surface area contributed by atoms with Gasteiger partial charge in [-0.2, -0.15) is 0 Å². The van der Waals surface area contributed by atoms with E-state index in [0.717, 1.165) is 36.1 Å². The van der Waals surface area contributed by atoms with Gasteiger partial charge >= 0.3 is 67.8 Å². The normalized spacial score (nSPS) is 10.1. The molecule has 0 amide bonds. The zero-order valence-electron chi connectivity index (χ0n) is 18.2. The third-order valence-electron chi connectivity index (χ3n) is 4.00. The summed E-state index contributed by atoms with van der Waals surface area (Å²) in [6.07, 6.45) is 10.9. The van der Waals surface area contributed by atoms with Crippen molar-refractivity contribution in [3.05, 3.63) is 80.4 Å². The van der Waals surface area contributed by atoms with Crippen molar-refractivity contribution in [2.24, 2.45) is 0 Å². The van der Waals surface area contributed by atoms with Crippen molar-refractivity contribution in [1.29, 1.82) is 0 Å². The molecule has 182 valence electrons. The largest absolute Gasteiger partial charge is 0 e. The number of rotatable bonds is 3. The fourth-order valence-corrected chi connectivity index (χ4v) is 3.01. The third kappa shape index (κ3) is 13.3. The first-order valence-corrected chi connectivity index (χ1v) is 8.05. The van der Waals surface area contributed by atoms with Gasteiger partial charge in [0.1, 0.15) is 0 Å². The first-order chi connectivity index (χ1) is 15.8. The van der Waals surface area contributed by atoms with E-state index >= 15 is 0 Å². The van der Waals surface area contributed by atoms with E-state index in [-0.39, 0.29) is 33.6 Å². The van der Waals surface area contributed by atoms with E-state index in [2.05, 4.69) is 52.1 Å². The van der Waals surface area contributed by atoms with E-state index in [1.165, 1.54) is 17.6 Å². The standard InChI is InChI=1S/C17H18O3.6CO.2Co/c1-18-15-10-13-8-7-11-5-4-6-12(11)9-14(13)16(19-2)17(15)20-3;6*1-2;;/h10H,4-6,9H2,1-3H3;;;;;;;;. The topological polar surface area (TPSA) is 147 Å². The number of benzene rings is 1. The molecule has 0 bridgehead atoms. The van der Waals surface area contributed by atoms with Crippen LogP contribution in [0.4, 0.5) is 0 Å². The molecule has 0 atom stereocenters.